The van der Waals surface area contributed by atoms with E-state index < -0.39 is 0 Å². The lowest BCUT2D eigenvalue weighted by Crippen LogP contribution is -2.30. The molecule has 0 aliphatic carbocycles. The minimum atomic E-state index is 0.973. The van der Waals surface area contributed by atoms with Crippen molar-refractivity contribution in [1.82, 2.24) is 4.90 Å². The predicted molar refractivity (Wildman–Crippen MR) is 91.3 cm³/mol. The van der Waals surface area contributed by atoms with Crippen LogP contribution in [0.3, 0.4) is 0 Å². The zero-order chi connectivity index (χ0) is 14.2. The Kier molecular flexibility index (Phi) is 6.88. The van der Waals surface area contributed by atoms with E-state index in [1.165, 1.54) is 50.9 Å². The molecule has 1 aliphatic heterocycles. The highest BCUT2D eigenvalue weighted by Crippen LogP contribution is 2.22. The van der Waals surface area contributed by atoms with E-state index in [1.54, 1.807) is 0 Å². The Morgan fingerprint density at radius 3 is 2.90 bits per heavy atom. The molecule has 1 aromatic carbocycles. The van der Waals surface area contributed by atoms with Crippen molar-refractivity contribution in [2.75, 3.05) is 31.5 Å². The van der Waals surface area contributed by atoms with Crippen molar-refractivity contribution in [1.29, 1.82) is 0 Å². The summed E-state index contributed by atoms with van der Waals surface area (Å²) in [6.07, 6.45) is 6.96. The highest BCUT2D eigenvalue weighted by atomic mass is 79.9. The van der Waals surface area contributed by atoms with E-state index in [9.17, 15) is 0 Å². The van der Waals surface area contributed by atoms with Crippen LogP contribution in [0.1, 0.15) is 39.0 Å². The lowest BCUT2D eigenvalue weighted by Gasteiger charge is -2.21. The molecule has 1 fully saturated rings. The monoisotopic (exact) mass is 338 g/mol. The van der Waals surface area contributed by atoms with Gasteiger partial charge in [0.2, 0.25) is 0 Å². The topological polar surface area (TPSA) is 15.3 Å². The van der Waals surface area contributed by atoms with Gasteiger partial charge in [-0.2, -0.15) is 0 Å². The third kappa shape index (κ3) is 5.10. The number of halogens is 1. The number of anilines is 1. The zero-order valence-electron chi connectivity index (χ0n) is 12.6. The van der Waals surface area contributed by atoms with Crippen LogP contribution in [0, 0.1) is 5.92 Å². The average Bonchev–Trinajstić information content (AvgIpc) is 2.67. The quantitative estimate of drug-likeness (QED) is 0.804. The molecule has 0 spiro atoms. The highest BCUT2D eigenvalue weighted by Gasteiger charge is 2.15. The van der Waals surface area contributed by atoms with Crippen LogP contribution in [0.4, 0.5) is 5.69 Å². The number of benzene rings is 1. The molecular formula is C17H27BrN2. The van der Waals surface area contributed by atoms with Gasteiger partial charge in [-0.3, -0.25) is 0 Å². The van der Waals surface area contributed by atoms with Crippen LogP contribution in [0.25, 0.3) is 0 Å². The van der Waals surface area contributed by atoms with Gasteiger partial charge in [-0.05, 0) is 66.3 Å². The lowest BCUT2D eigenvalue weighted by molar-refractivity contribution is 0.289. The Hall–Kier alpha value is -0.540. The molecule has 2 nitrogen and oxygen atoms in total. The molecule has 2 rings (SSSR count). The first-order valence-corrected chi connectivity index (χ1v) is 8.79. The summed E-state index contributed by atoms with van der Waals surface area (Å²) < 4.78 is 1.15. The molecule has 1 aromatic rings. The van der Waals surface area contributed by atoms with Crippen molar-refractivity contribution in [2.45, 2.75) is 39.0 Å². The second-order valence-electron chi connectivity index (χ2n) is 5.83. The molecule has 0 aromatic heterocycles. The summed E-state index contributed by atoms with van der Waals surface area (Å²) in [7, 11) is 0. The molecule has 112 valence electrons. The number of rotatable bonds is 6. The largest absolute Gasteiger partial charge is 0.383 e. The van der Waals surface area contributed by atoms with Crippen LogP contribution in [-0.2, 0) is 0 Å². The Morgan fingerprint density at radius 2 is 2.10 bits per heavy atom. The van der Waals surface area contributed by atoms with E-state index in [4.69, 9.17) is 0 Å². The van der Waals surface area contributed by atoms with Crippen molar-refractivity contribution in [2.24, 2.45) is 5.92 Å². The molecule has 1 saturated heterocycles. The standard InChI is InChI=1S/C17H27BrN2/c1-2-6-15-7-5-12-20(13-10-15)14-11-19-17-9-4-3-8-16(17)18/h3-4,8-9,15,19H,2,5-7,10-14H2,1H3. The van der Waals surface area contributed by atoms with Gasteiger partial charge in [0.05, 0.1) is 0 Å². The SMILES string of the molecule is CCCC1CCCN(CCNc2ccccc2Br)CC1. The molecule has 3 heteroatoms. The molecule has 0 amide bonds. The van der Waals surface area contributed by atoms with Gasteiger partial charge in [-0.1, -0.05) is 31.9 Å². The van der Waals surface area contributed by atoms with Crippen LogP contribution < -0.4 is 5.32 Å². The van der Waals surface area contributed by atoms with Crippen molar-refractivity contribution in [3.05, 3.63) is 28.7 Å². The van der Waals surface area contributed by atoms with Crippen molar-refractivity contribution in [3.63, 3.8) is 0 Å². The van der Waals surface area contributed by atoms with Crippen LogP contribution in [0.5, 0.6) is 0 Å². The predicted octanol–water partition coefficient (Wildman–Crippen LogP) is 4.76. The molecule has 1 aliphatic rings. The molecule has 0 saturated carbocycles. The van der Waals surface area contributed by atoms with Crippen LogP contribution in [0.15, 0.2) is 28.7 Å². The molecule has 1 heterocycles. The van der Waals surface area contributed by atoms with Crippen LogP contribution in [-0.4, -0.2) is 31.1 Å². The Morgan fingerprint density at radius 1 is 1.25 bits per heavy atom. The van der Waals surface area contributed by atoms with Gasteiger partial charge >= 0.3 is 0 Å². The smallest absolute Gasteiger partial charge is 0.0485 e. The number of hydrogen-bond acceptors (Lipinski definition) is 2. The van der Waals surface area contributed by atoms with Gasteiger partial charge in [0.1, 0.15) is 0 Å². The van der Waals surface area contributed by atoms with E-state index in [1.807, 2.05) is 0 Å². The normalized spacial score (nSPS) is 20.6. The van der Waals surface area contributed by atoms with E-state index in [-0.39, 0.29) is 0 Å². The Bertz CT molecular complexity index is 394. The van der Waals surface area contributed by atoms with Crippen LogP contribution >= 0.6 is 15.9 Å². The minimum Gasteiger partial charge on any atom is -0.383 e. The van der Waals surface area contributed by atoms with E-state index >= 15 is 0 Å². The molecular weight excluding hydrogens is 312 g/mol. The maximum atomic E-state index is 3.58. The Labute approximate surface area is 132 Å². The van der Waals surface area contributed by atoms with Crippen molar-refractivity contribution < 1.29 is 0 Å². The van der Waals surface area contributed by atoms with Gasteiger partial charge < -0.3 is 10.2 Å². The number of likely N-dealkylation sites (tertiary alicyclic amines) is 1. The zero-order valence-corrected chi connectivity index (χ0v) is 14.2. The summed E-state index contributed by atoms with van der Waals surface area (Å²) >= 11 is 3.58. The molecule has 1 N–H and O–H groups in total. The van der Waals surface area contributed by atoms with Crippen molar-refractivity contribution >= 4 is 21.6 Å². The summed E-state index contributed by atoms with van der Waals surface area (Å²) in [6.45, 7) is 7.05. The average molecular weight is 339 g/mol. The molecule has 0 radical (unpaired) electrons. The first kappa shape index (κ1) is 15.8. The molecule has 20 heavy (non-hydrogen) atoms. The third-order valence-electron chi connectivity index (χ3n) is 4.25. The third-order valence-corrected chi connectivity index (χ3v) is 4.95. The summed E-state index contributed by atoms with van der Waals surface area (Å²) in [6, 6.07) is 8.35. The maximum absolute atomic E-state index is 3.58. The fourth-order valence-corrected chi connectivity index (χ4v) is 3.52. The minimum absolute atomic E-state index is 0.973. The first-order chi connectivity index (χ1) is 9.79. The molecule has 1 unspecified atom stereocenters. The van der Waals surface area contributed by atoms with Gasteiger partial charge in [0, 0.05) is 23.2 Å². The highest BCUT2D eigenvalue weighted by molar-refractivity contribution is 9.10. The maximum Gasteiger partial charge on any atom is 0.0485 e. The Balaban J connectivity index is 1.70. The fourth-order valence-electron chi connectivity index (χ4n) is 3.10. The first-order valence-electron chi connectivity index (χ1n) is 8.00. The van der Waals surface area contributed by atoms with Gasteiger partial charge in [-0.15, -0.1) is 0 Å². The van der Waals surface area contributed by atoms with E-state index in [0.717, 1.165) is 23.5 Å². The van der Waals surface area contributed by atoms with Gasteiger partial charge in [0.15, 0.2) is 0 Å². The molecule has 1 atom stereocenters. The lowest BCUT2D eigenvalue weighted by atomic mass is 9.96. The van der Waals surface area contributed by atoms with Crippen LogP contribution in [0.2, 0.25) is 0 Å². The number of para-hydroxylation sites is 1. The van der Waals surface area contributed by atoms with Crippen molar-refractivity contribution in [3.8, 4) is 0 Å². The van der Waals surface area contributed by atoms with E-state index in [0.29, 0.717) is 0 Å². The summed E-state index contributed by atoms with van der Waals surface area (Å²) in [5.41, 5.74) is 1.20. The second kappa shape index (κ2) is 8.68. The summed E-state index contributed by atoms with van der Waals surface area (Å²) in [4.78, 5) is 2.62. The number of nitrogens with one attached hydrogen (secondary N) is 1. The summed E-state index contributed by atoms with van der Waals surface area (Å²) in [5, 5.41) is 3.53. The van der Waals surface area contributed by atoms with Gasteiger partial charge in [-0.25, -0.2) is 0 Å². The van der Waals surface area contributed by atoms with Gasteiger partial charge in [0.25, 0.3) is 0 Å². The number of nitrogens with zero attached hydrogens (tertiary/aromatic N) is 1. The number of hydrogen-bond donors (Lipinski definition) is 1. The molecule has 0 bridgehead atoms. The second-order valence-corrected chi connectivity index (χ2v) is 6.69. The fraction of sp³-hybridized carbons (Fsp3) is 0.647. The van der Waals surface area contributed by atoms with E-state index in [2.05, 4.69) is 57.3 Å². The summed E-state index contributed by atoms with van der Waals surface area (Å²) in [5.74, 6) is 0.973.